The monoisotopic (exact) mass is 173 g/mol. The van der Waals surface area contributed by atoms with Crippen molar-refractivity contribution in [2.45, 2.75) is 13.8 Å². The van der Waals surface area contributed by atoms with Crippen LogP contribution in [0.4, 0.5) is 0 Å². The van der Waals surface area contributed by atoms with Crippen molar-refractivity contribution in [3.05, 3.63) is 33.5 Å². The normalized spacial score (nSPS) is 13.5. The van der Waals surface area contributed by atoms with Crippen molar-refractivity contribution in [3.8, 4) is 5.75 Å². The molecule has 1 aromatic rings. The fourth-order valence-electron chi connectivity index (χ4n) is 1.57. The Labute approximate surface area is 76.6 Å². The topological polar surface area (TPSA) is 32.6 Å². The summed E-state index contributed by atoms with van der Waals surface area (Å²) in [7, 11) is 0. The highest BCUT2D eigenvalue weighted by Crippen LogP contribution is 2.15. The van der Waals surface area contributed by atoms with Gasteiger partial charge in [0.2, 0.25) is 0 Å². The maximum absolute atomic E-state index is 9.50. The van der Waals surface area contributed by atoms with Gasteiger partial charge in [0.25, 0.3) is 0 Å². The highest BCUT2D eigenvalue weighted by atomic mass is 16.3. The fraction of sp³-hybridized carbons (Fsp3) is 0.182. The van der Waals surface area contributed by atoms with Crippen molar-refractivity contribution in [1.29, 1.82) is 0 Å². The second kappa shape index (κ2) is 2.46. The molecule has 0 saturated carbocycles. The van der Waals surface area contributed by atoms with Gasteiger partial charge in [-0.3, -0.25) is 4.99 Å². The summed E-state index contributed by atoms with van der Waals surface area (Å²) >= 11 is 0. The SMILES string of the molecule is C=c1c(O)cc(C)c2c1=NC(C)=C2. The molecule has 1 N–H and O–H groups in total. The molecule has 2 nitrogen and oxygen atoms in total. The molecule has 2 rings (SSSR count). The number of aryl methyl sites for hydroxylation is 1. The summed E-state index contributed by atoms with van der Waals surface area (Å²) in [6, 6.07) is 1.73. The highest BCUT2D eigenvalue weighted by Gasteiger charge is 2.08. The molecule has 0 radical (unpaired) electrons. The summed E-state index contributed by atoms with van der Waals surface area (Å²) in [5.74, 6) is 0.225. The van der Waals surface area contributed by atoms with Crippen LogP contribution in [0.1, 0.15) is 18.1 Å². The molecule has 0 amide bonds. The number of aromatic hydroxyl groups is 1. The zero-order valence-electron chi connectivity index (χ0n) is 7.76. The standard InChI is InChI=1S/C11H11NO/c1-6-4-10(13)8(3)11-9(6)5-7(2)12-11/h4-5,13H,3H2,1-2H3. The number of phenolic OH excluding ortho intramolecular Hbond substituents is 1. The van der Waals surface area contributed by atoms with Gasteiger partial charge in [-0.05, 0) is 31.6 Å². The van der Waals surface area contributed by atoms with Crippen LogP contribution >= 0.6 is 0 Å². The molecule has 0 unspecified atom stereocenters. The van der Waals surface area contributed by atoms with Crippen molar-refractivity contribution >= 4 is 12.7 Å². The van der Waals surface area contributed by atoms with Crippen molar-refractivity contribution in [2.75, 3.05) is 0 Å². The van der Waals surface area contributed by atoms with E-state index in [4.69, 9.17) is 0 Å². The quantitative estimate of drug-likeness (QED) is 0.626. The van der Waals surface area contributed by atoms with E-state index in [1.54, 1.807) is 6.07 Å². The zero-order valence-corrected chi connectivity index (χ0v) is 7.76. The Morgan fingerprint density at radius 1 is 1.38 bits per heavy atom. The molecule has 0 atom stereocenters. The van der Waals surface area contributed by atoms with Crippen molar-refractivity contribution in [3.63, 3.8) is 0 Å². The van der Waals surface area contributed by atoms with Crippen LogP contribution in [-0.4, -0.2) is 5.11 Å². The number of hydrogen-bond donors (Lipinski definition) is 1. The summed E-state index contributed by atoms with van der Waals surface area (Å²) < 4.78 is 0. The second-order valence-electron chi connectivity index (χ2n) is 3.35. The average Bonchev–Trinajstić information content (AvgIpc) is 2.44. The molecule has 1 aliphatic rings. The van der Waals surface area contributed by atoms with Crippen molar-refractivity contribution < 1.29 is 5.11 Å². The van der Waals surface area contributed by atoms with Crippen LogP contribution in [0.2, 0.25) is 0 Å². The highest BCUT2D eigenvalue weighted by molar-refractivity contribution is 5.60. The van der Waals surface area contributed by atoms with E-state index in [1.165, 1.54) is 0 Å². The molecule has 1 aromatic carbocycles. The van der Waals surface area contributed by atoms with Gasteiger partial charge in [0, 0.05) is 16.5 Å². The molecule has 0 bridgehead atoms. The van der Waals surface area contributed by atoms with Gasteiger partial charge in [0.1, 0.15) is 5.75 Å². The van der Waals surface area contributed by atoms with Crippen LogP contribution in [0, 0.1) is 6.92 Å². The minimum atomic E-state index is 0.225. The van der Waals surface area contributed by atoms with E-state index in [0.717, 1.165) is 22.2 Å². The van der Waals surface area contributed by atoms with Crippen LogP contribution in [0.5, 0.6) is 5.75 Å². The molecule has 0 aromatic heterocycles. The average molecular weight is 173 g/mol. The van der Waals surface area contributed by atoms with E-state index in [0.29, 0.717) is 5.22 Å². The Balaban J connectivity index is 2.95. The number of hydrogen-bond acceptors (Lipinski definition) is 2. The van der Waals surface area contributed by atoms with Crippen LogP contribution in [0.25, 0.3) is 12.7 Å². The smallest absolute Gasteiger partial charge is 0.124 e. The Kier molecular flexibility index (Phi) is 1.52. The molecule has 0 saturated heterocycles. The lowest BCUT2D eigenvalue weighted by atomic mass is 10.1. The summed E-state index contributed by atoms with van der Waals surface area (Å²) in [4.78, 5) is 4.31. The molecule has 0 aliphatic carbocycles. The van der Waals surface area contributed by atoms with Gasteiger partial charge in [0.05, 0.1) is 5.36 Å². The van der Waals surface area contributed by atoms with E-state index in [1.807, 2.05) is 19.9 Å². The maximum Gasteiger partial charge on any atom is 0.124 e. The van der Waals surface area contributed by atoms with E-state index in [9.17, 15) is 5.11 Å². The Hall–Kier alpha value is -1.57. The number of phenols is 1. The van der Waals surface area contributed by atoms with Gasteiger partial charge >= 0.3 is 0 Å². The molecule has 2 heteroatoms. The van der Waals surface area contributed by atoms with E-state index >= 15 is 0 Å². The third-order valence-corrected chi connectivity index (χ3v) is 2.27. The minimum Gasteiger partial charge on any atom is -0.507 e. The largest absolute Gasteiger partial charge is 0.507 e. The Morgan fingerprint density at radius 3 is 2.77 bits per heavy atom. The van der Waals surface area contributed by atoms with Gasteiger partial charge in [0.15, 0.2) is 0 Å². The van der Waals surface area contributed by atoms with Crippen LogP contribution in [0.3, 0.4) is 0 Å². The first-order valence-corrected chi connectivity index (χ1v) is 4.18. The Bertz CT molecular complexity index is 512. The molecule has 0 spiro atoms. The molecule has 1 heterocycles. The molecular formula is C11H11NO. The molecular weight excluding hydrogens is 162 g/mol. The first-order chi connectivity index (χ1) is 6.09. The number of fused-ring (bicyclic) bond motifs is 1. The minimum absolute atomic E-state index is 0.225. The molecule has 66 valence electrons. The summed E-state index contributed by atoms with van der Waals surface area (Å²) in [5, 5.41) is 10.9. The lowest BCUT2D eigenvalue weighted by Gasteiger charge is -1.99. The number of benzene rings is 1. The first kappa shape index (κ1) is 8.05. The zero-order chi connectivity index (χ0) is 9.59. The van der Waals surface area contributed by atoms with Gasteiger partial charge in [-0.15, -0.1) is 0 Å². The maximum atomic E-state index is 9.50. The molecule has 0 fully saturated rings. The van der Waals surface area contributed by atoms with Gasteiger partial charge < -0.3 is 5.11 Å². The summed E-state index contributed by atoms with van der Waals surface area (Å²) in [5.41, 5.74) is 3.09. The van der Waals surface area contributed by atoms with Crippen molar-refractivity contribution in [1.82, 2.24) is 0 Å². The predicted octanol–water partition coefficient (Wildman–Crippen LogP) is 1.10. The number of nitrogens with zero attached hydrogens (tertiary/aromatic N) is 1. The number of rotatable bonds is 0. The first-order valence-electron chi connectivity index (χ1n) is 4.18. The van der Waals surface area contributed by atoms with E-state index in [2.05, 4.69) is 11.6 Å². The summed E-state index contributed by atoms with van der Waals surface area (Å²) in [6.07, 6.45) is 2.01. The van der Waals surface area contributed by atoms with E-state index < -0.39 is 0 Å². The summed E-state index contributed by atoms with van der Waals surface area (Å²) in [6.45, 7) is 7.69. The van der Waals surface area contributed by atoms with Crippen LogP contribution < -0.4 is 10.6 Å². The lowest BCUT2D eigenvalue weighted by Crippen LogP contribution is -2.25. The number of allylic oxidation sites excluding steroid dienone is 1. The Morgan fingerprint density at radius 2 is 2.08 bits per heavy atom. The van der Waals surface area contributed by atoms with Gasteiger partial charge in [-0.2, -0.15) is 0 Å². The fourth-order valence-corrected chi connectivity index (χ4v) is 1.57. The third kappa shape index (κ3) is 1.06. The van der Waals surface area contributed by atoms with Gasteiger partial charge in [-0.25, -0.2) is 0 Å². The van der Waals surface area contributed by atoms with Crippen LogP contribution in [-0.2, 0) is 0 Å². The van der Waals surface area contributed by atoms with Gasteiger partial charge in [-0.1, -0.05) is 6.58 Å². The molecule has 13 heavy (non-hydrogen) atoms. The lowest BCUT2D eigenvalue weighted by molar-refractivity contribution is 0.469. The van der Waals surface area contributed by atoms with E-state index in [-0.39, 0.29) is 5.75 Å². The predicted molar refractivity (Wildman–Crippen MR) is 52.8 cm³/mol. The van der Waals surface area contributed by atoms with Crippen LogP contribution in [0.15, 0.2) is 16.8 Å². The second-order valence-corrected chi connectivity index (χ2v) is 3.35. The third-order valence-electron chi connectivity index (χ3n) is 2.27. The molecule has 1 aliphatic heterocycles. The van der Waals surface area contributed by atoms with Crippen molar-refractivity contribution in [2.24, 2.45) is 4.99 Å².